The van der Waals surface area contributed by atoms with Crippen molar-refractivity contribution in [2.75, 3.05) is 18.5 Å². The van der Waals surface area contributed by atoms with Gasteiger partial charge in [-0.05, 0) is 48.7 Å². The lowest BCUT2D eigenvalue weighted by molar-refractivity contribution is -0.165. The summed E-state index contributed by atoms with van der Waals surface area (Å²) in [6.07, 6.45) is 3.34. The van der Waals surface area contributed by atoms with E-state index in [2.05, 4.69) is 26.8 Å². The number of anilines is 1. The molecule has 29 heavy (non-hydrogen) atoms. The van der Waals surface area contributed by atoms with Crippen LogP contribution in [0, 0.1) is 5.82 Å². The number of rotatable bonds is 5. The first kappa shape index (κ1) is 18.0. The molecule has 2 aromatic heterocycles. The van der Waals surface area contributed by atoms with Crippen LogP contribution in [0.5, 0.6) is 0 Å². The molecule has 3 aromatic rings. The van der Waals surface area contributed by atoms with E-state index in [-0.39, 0.29) is 5.82 Å². The van der Waals surface area contributed by atoms with Gasteiger partial charge in [-0.2, -0.15) is 0 Å². The fraction of sp³-hybridized carbons (Fsp3) is 0.286. The molecular formula is C21H20FN5O2. The number of halogens is 1. The molecule has 0 spiro atoms. The summed E-state index contributed by atoms with van der Waals surface area (Å²) in [6, 6.07) is 8.45. The monoisotopic (exact) mass is 393 g/mol. The van der Waals surface area contributed by atoms with Crippen molar-refractivity contribution in [3.63, 3.8) is 0 Å². The second-order valence-corrected chi connectivity index (χ2v) is 7.24. The van der Waals surface area contributed by atoms with E-state index in [0.29, 0.717) is 48.1 Å². The molecule has 148 valence electrons. The second-order valence-electron chi connectivity index (χ2n) is 7.24. The molecule has 1 aliphatic carbocycles. The molecule has 1 saturated heterocycles. The lowest BCUT2D eigenvalue weighted by Crippen LogP contribution is -2.20. The molecule has 7 nitrogen and oxygen atoms in total. The van der Waals surface area contributed by atoms with E-state index in [1.54, 1.807) is 18.3 Å². The van der Waals surface area contributed by atoms with Crippen molar-refractivity contribution in [2.45, 2.75) is 25.2 Å². The molecule has 3 heterocycles. The van der Waals surface area contributed by atoms with Crippen molar-refractivity contribution in [1.82, 2.24) is 19.9 Å². The van der Waals surface area contributed by atoms with Gasteiger partial charge in [0.2, 0.25) is 12.2 Å². The summed E-state index contributed by atoms with van der Waals surface area (Å²) in [5.74, 6) is 0.802. The Hall–Kier alpha value is -3.10. The van der Waals surface area contributed by atoms with Crippen molar-refractivity contribution in [3.05, 3.63) is 60.3 Å². The molecule has 0 amide bonds. The first-order valence-corrected chi connectivity index (χ1v) is 9.51. The predicted octanol–water partition coefficient (Wildman–Crippen LogP) is 3.85. The van der Waals surface area contributed by atoms with Crippen molar-refractivity contribution < 1.29 is 13.9 Å². The maximum absolute atomic E-state index is 13.4. The summed E-state index contributed by atoms with van der Waals surface area (Å²) in [5.41, 5.74) is 3.66. The summed E-state index contributed by atoms with van der Waals surface area (Å²) in [5, 5.41) is 3.30. The minimum Gasteiger partial charge on any atom is -0.351 e. The zero-order valence-corrected chi connectivity index (χ0v) is 15.7. The van der Waals surface area contributed by atoms with E-state index in [0.717, 1.165) is 24.0 Å². The van der Waals surface area contributed by atoms with E-state index >= 15 is 0 Å². The average molecular weight is 393 g/mol. The van der Waals surface area contributed by atoms with E-state index in [9.17, 15) is 4.39 Å². The van der Waals surface area contributed by atoms with Gasteiger partial charge in [0.15, 0.2) is 5.82 Å². The highest BCUT2D eigenvalue weighted by molar-refractivity contribution is 5.77. The summed E-state index contributed by atoms with van der Waals surface area (Å²) >= 11 is 0. The SMILES string of the molecule is C=C1COC(c2nc(-c3ccc(F)cc3)c(-c3ccnc(NC4CC4)n3)[nH]2)OC1. The molecule has 2 fully saturated rings. The molecule has 5 rings (SSSR count). The zero-order chi connectivity index (χ0) is 19.8. The number of aromatic nitrogens is 4. The smallest absolute Gasteiger partial charge is 0.223 e. The number of hydrogen-bond donors (Lipinski definition) is 2. The molecule has 0 unspecified atom stereocenters. The van der Waals surface area contributed by atoms with Crippen LogP contribution in [0.1, 0.15) is 25.0 Å². The van der Waals surface area contributed by atoms with Crippen LogP contribution in [0.15, 0.2) is 48.7 Å². The molecule has 0 atom stereocenters. The van der Waals surface area contributed by atoms with Gasteiger partial charge in [0.05, 0.1) is 30.3 Å². The second kappa shape index (κ2) is 7.38. The Morgan fingerprint density at radius 1 is 1.07 bits per heavy atom. The first-order chi connectivity index (χ1) is 14.2. The largest absolute Gasteiger partial charge is 0.351 e. The van der Waals surface area contributed by atoms with Gasteiger partial charge in [-0.3, -0.25) is 0 Å². The van der Waals surface area contributed by atoms with E-state index in [1.165, 1.54) is 12.1 Å². The molecule has 1 saturated carbocycles. The van der Waals surface area contributed by atoms with Gasteiger partial charge >= 0.3 is 0 Å². The average Bonchev–Trinajstić information content (AvgIpc) is 3.44. The molecule has 0 radical (unpaired) electrons. The van der Waals surface area contributed by atoms with Crippen LogP contribution in [0.3, 0.4) is 0 Å². The van der Waals surface area contributed by atoms with E-state index in [1.807, 2.05) is 6.07 Å². The van der Waals surface area contributed by atoms with Gasteiger partial charge in [0, 0.05) is 17.8 Å². The molecule has 1 aromatic carbocycles. The van der Waals surface area contributed by atoms with Gasteiger partial charge in [0.25, 0.3) is 0 Å². The van der Waals surface area contributed by atoms with Crippen LogP contribution in [0.2, 0.25) is 0 Å². The Balaban J connectivity index is 1.55. The Morgan fingerprint density at radius 2 is 1.83 bits per heavy atom. The molecule has 0 bridgehead atoms. The van der Waals surface area contributed by atoms with Crippen LogP contribution >= 0.6 is 0 Å². The van der Waals surface area contributed by atoms with Crippen molar-refractivity contribution in [3.8, 4) is 22.6 Å². The van der Waals surface area contributed by atoms with E-state index < -0.39 is 6.29 Å². The van der Waals surface area contributed by atoms with Crippen LogP contribution in [0.4, 0.5) is 10.3 Å². The molecule has 2 N–H and O–H groups in total. The number of H-pyrrole nitrogens is 1. The minimum atomic E-state index is -0.626. The molecule has 1 aliphatic heterocycles. The summed E-state index contributed by atoms with van der Waals surface area (Å²) < 4.78 is 24.8. The van der Waals surface area contributed by atoms with E-state index in [4.69, 9.17) is 14.5 Å². The summed E-state index contributed by atoms with van der Waals surface area (Å²) in [6.45, 7) is 4.69. The fourth-order valence-electron chi connectivity index (χ4n) is 3.12. The van der Waals surface area contributed by atoms with Crippen LogP contribution < -0.4 is 5.32 Å². The lowest BCUT2D eigenvalue weighted by Gasteiger charge is -2.22. The van der Waals surface area contributed by atoms with Crippen LogP contribution in [-0.4, -0.2) is 39.2 Å². The molecule has 8 heteroatoms. The lowest BCUT2D eigenvalue weighted by atomic mass is 10.1. The number of hydrogen-bond acceptors (Lipinski definition) is 6. The van der Waals surface area contributed by atoms with Crippen LogP contribution in [0.25, 0.3) is 22.6 Å². The normalized spacial score (nSPS) is 17.5. The van der Waals surface area contributed by atoms with Crippen molar-refractivity contribution in [2.24, 2.45) is 0 Å². The maximum Gasteiger partial charge on any atom is 0.223 e. The maximum atomic E-state index is 13.4. The molecule has 2 aliphatic rings. The zero-order valence-electron chi connectivity index (χ0n) is 15.7. The van der Waals surface area contributed by atoms with Gasteiger partial charge in [-0.15, -0.1) is 0 Å². The number of imidazole rings is 1. The van der Waals surface area contributed by atoms with Gasteiger partial charge in [-0.25, -0.2) is 19.3 Å². The Kier molecular flexibility index (Phi) is 4.57. The minimum absolute atomic E-state index is 0.304. The number of nitrogens with one attached hydrogen (secondary N) is 2. The fourth-order valence-corrected chi connectivity index (χ4v) is 3.12. The Bertz CT molecular complexity index is 1040. The highest BCUT2D eigenvalue weighted by Crippen LogP contribution is 2.33. The van der Waals surface area contributed by atoms with Gasteiger partial charge < -0.3 is 19.8 Å². The predicted molar refractivity (Wildman–Crippen MR) is 105 cm³/mol. The Labute approximate surface area is 167 Å². The third kappa shape index (κ3) is 3.90. The van der Waals surface area contributed by atoms with Crippen molar-refractivity contribution in [1.29, 1.82) is 0 Å². The highest BCUT2D eigenvalue weighted by Gasteiger charge is 2.26. The standard InChI is InChI=1S/C21H20FN5O2/c1-12-10-28-20(29-11-12)19-26-17(13-2-4-14(22)5-3-13)18(27-19)16-8-9-23-21(25-16)24-15-6-7-15/h2-5,8-9,15,20H,1,6-7,10-11H2,(H,26,27)(H,23,24,25). The summed E-state index contributed by atoms with van der Waals surface area (Å²) in [7, 11) is 0. The highest BCUT2D eigenvalue weighted by atomic mass is 19.1. The quantitative estimate of drug-likeness (QED) is 0.641. The Morgan fingerprint density at radius 3 is 2.55 bits per heavy atom. The topological polar surface area (TPSA) is 85.0 Å². The number of benzene rings is 1. The van der Waals surface area contributed by atoms with Crippen molar-refractivity contribution >= 4 is 5.95 Å². The first-order valence-electron chi connectivity index (χ1n) is 9.51. The number of nitrogens with zero attached hydrogens (tertiary/aromatic N) is 3. The third-order valence-corrected chi connectivity index (χ3v) is 4.76. The summed E-state index contributed by atoms with van der Waals surface area (Å²) in [4.78, 5) is 16.9. The number of aromatic amines is 1. The molecular weight excluding hydrogens is 373 g/mol. The third-order valence-electron chi connectivity index (χ3n) is 4.76. The van der Waals surface area contributed by atoms with Crippen LogP contribution in [-0.2, 0) is 9.47 Å². The number of ether oxygens (including phenoxy) is 2. The van der Waals surface area contributed by atoms with Gasteiger partial charge in [0.1, 0.15) is 5.82 Å². The van der Waals surface area contributed by atoms with Gasteiger partial charge in [-0.1, -0.05) is 6.58 Å².